The van der Waals surface area contributed by atoms with Gasteiger partial charge in [0.25, 0.3) is 11.8 Å². The van der Waals surface area contributed by atoms with Crippen molar-refractivity contribution in [2.75, 3.05) is 17.7 Å². The number of phenols is 1. The van der Waals surface area contributed by atoms with Crippen LogP contribution in [0.4, 0.5) is 10.7 Å². The lowest BCUT2D eigenvalue weighted by atomic mass is 10.1. The second-order valence-electron chi connectivity index (χ2n) is 10.4. The number of anilines is 2. The van der Waals surface area contributed by atoms with Crippen molar-refractivity contribution in [2.45, 2.75) is 17.1 Å². The average molecular weight is 675 g/mol. The summed E-state index contributed by atoms with van der Waals surface area (Å²) in [6.07, 6.45) is 1.46. The molecule has 0 saturated carbocycles. The van der Waals surface area contributed by atoms with E-state index in [9.17, 15) is 24.8 Å². The quantitative estimate of drug-likeness (QED) is 0.0839. The summed E-state index contributed by atoms with van der Waals surface area (Å²) in [5, 5.41) is 29.9. The minimum atomic E-state index is -0.599. The second kappa shape index (κ2) is 15.6. The minimum Gasteiger partial charge on any atom is -0.508 e. The Morgan fingerprint density at radius 3 is 2.38 bits per heavy atom. The zero-order valence-electron chi connectivity index (χ0n) is 25.9. The van der Waals surface area contributed by atoms with E-state index in [4.69, 9.17) is 4.74 Å². The van der Waals surface area contributed by atoms with Crippen molar-refractivity contribution in [1.82, 2.24) is 5.32 Å². The molecule has 1 atom stereocenters. The minimum absolute atomic E-state index is 0.0154. The van der Waals surface area contributed by atoms with Crippen molar-refractivity contribution in [3.63, 3.8) is 0 Å². The highest BCUT2D eigenvalue weighted by molar-refractivity contribution is 8.00. The molecule has 0 aliphatic heterocycles. The monoisotopic (exact) mass is 674 g/mol. The fraction of sp³-hybridized carbons (Fsp3) is 0.0811. The number of carbonyl (C=O) groups is 3. The number of nitrogens with zero attached hydrogens (tertiary/aromatic N) is 1. The standard InChI is InChI=1S/C37H30N4O5S2/c1-23(34(43)41-37-30(21-38)31(22-47-37)24-10-5-3-6-11-24)48-29-15-9-14-27(19-29)39-36(45)32(40-35(44)25-12-7-4-8-13-25)18-26-16-17-28(42)20-33(26)46-2/h3-20,22-23,42H,1-2H3,(H,39,45)(H,40,44)(H,41,43)/b32-18+. The number of nitrogens with one attached hydrogen (secondary N) is 3. The fourth-order valence-corrected chi connectivity index (χ4v) is 6.47. The van der Waals surface area contributed by atoms with E-state index in [1.165, 1.54) is 48.4 Å². The third-order valence-electron chi connectivity index (χ3n) is 7.04. The maximum Gasteiger partial charge on any atom is 0.272 e. The Morgan fingerprint density at radius 2 is 1.67 bits per heavy atom. The molecule has 1 heterocycles. The molecule has 4 aromatic carbocycles. The average Bonchev–Trinajstić information content (AvgIpc) is 3.51. The van der Waals surface area contributed by atoms with Gasteiger partial charge in [0.2, 0.25) is 5.91 Å². The molecule has 0 spiro atoms. The van der Waals surface area contributed by atoms with Gasteiger partial charge in [-0.15, -0.1) is 23.1 Å². The molecular weight excluding hydrogens is 645 g/mol. The van der Waals surface area contributed by atoms with Crippen LogP contribution in [0.1, 0.15) is 28.4 Å². The van der Waals surface area contributed by atoms with Gasteiger partial charge in [0, 0.05) is 38.7 Å². The number of carbonyl (C=O) groups excluding carboxylic acids is 3. The molecular formula is C37H30N4O5S2. The summed E-state index contributed by atoms with van der Waals surface area (Å²) >= 11 is 2.59. The highest BCUT2D eigenvalue weighted by Gasteiger charge is 2.21. The maximum absolute atomic E-state index is 13.6. The highest BCUT2D eigenvalue weighted by Crippen LogP contribution is 2.36. The molecule has 4 N–H and O–H groups in total. The number of thioether (sulfide) groups is 1. The molecule has 9 nitrogen and oxygen atoms in total. The molecule has 11 heteroatoms. The van der Waals surface area contributed by atoms with Crippen LogP contribution in [0.2, 0.25) is 0 Å². The zero-order valence-corrected chi connectivity index (χ0v) is 27.5. The summed E-state index contributed by atoms with van der Waals surface area (Å²) in [6.45, 7) is 1.76. The van der Waals surface area contributed by atoms with Gasteiger partial charge in [-0.25, -0.2) is 0 Å². The van der Waals surface area contributed by atoms with E-state index in [2.05, 4.69) is 22.0 Å². The number of methoxy groups -OCH3 is 1. The number of thiophene rings is 1. The Bertz CT molecular complexity index is 2020. The Balaban J connectivity index is 1.31. The predicted molar refractivity (Wildman–Crippen MR) is 190 cm³/mol. The van der Waals surface area contributed by atoms with Gasteiger partial charge < -0.3 is 25.8 Å². The lowest BCUT2D eigenvalue weighted by Crippen LogP contribution is -2.30. The largest absolute Gasteiger partial charge is 0.508 e. The number of amides is 3. The van der Waals surface area contributed by atoms with Crippen LogP contribution < -0.4 is 20.7 Å². The van der Waals surface area contributed by atoms with Gasteiger partial charge in [-0.05, 0) is 61.0 Å². The van der Waals surface area contributed by atoms with Crippen molar-refractivity contribution in [3.8, 4) is 28.7 Å². The van der Waals surface area contributed by atoms with Gasteiger partial charge in [0.15, 0.2) is 0 Å². The van der Waals surface area contributed by atoms with E-state index < -0.39 is 17.1 Å². The molecule has 0 fully saturated rings. The number of ether oxygens (including phenoxy) is 1. The van der Waals surface area contributed by atoms with Crippen LogP contribution in [0.5, 0.6) is 11.5 Å². The summed E-state index contributed by atoms with van der Waals surface area (Å²) in [6, 6.07) is 31.6. The van der Waals surface area contributed by atoms with Crippen LogP contribution in [0.15, 0.2) is 119 Å². The predicted octanol–water partition coefficient (Wildman–Crippen LogP) is 7.53. The molecule has 240 valence electrons. The van der Waals surface area contributed by atoms with Gasteiger partial charge >= 0.3 is 0 Å². The molecule has 5 rings (SSSR count). The van der Waals surface area contributed by atoms with Crippen molar-refractivity contribution in [3.05, 3.63) is 131 Å². The molecule has 0 aliphatic rings. The molecule has 48 heavy (non-hydrogen) atoms. The SMILES string of the molecule is COc1cc(O)ccc1/C=C(/NC(=O)c1ccccc1)C(=O)Nc1cccc(SC(C)C(=O)Nc2scc(-c3ccccc3)c2C#N)c1. The van der Waals surface area contributed by atoms with Crippen LogP contribution >= 0.6 is 23.1 Å². The van der Waals surface area contributed by atoms with Gasteiger partial charge in [-0.2, -0.15) is 5.26 Å². The lowest BCUT2D eigenvalue weighted by molar-refractivity contribution is -0.115. The first-order valence-electron chi connectivity index (χ1n) is 14.7. The van der Waals surface area contributed by atoms with Crippen molar-refractivity contribution in [1.29, 1.82) is 5.26 Å². The molecule has 1 unspecified atom stereocenters. The van der Waals surface area contributed by atoms with E-state index >= 15 is 0 Å². The summed E-state index contributed by atoms with van der Waals surface area (Å²) < 4.78 is 5.36. The topological polar surface area (TPSA) is 141 Å². The van der Waals surface area contributed by atoms with Crippen molar-refractivity contribution in [2.24, 2.45) is 0 Å². The van der Waals surface area contributed by atoms with Crippen LogP contribution in [0, 0.1) is 11.3 Å². The number of rotatable bonds is 11. The van der Waals surface area contributed by atoms with E-state index in [1.54, 1.807) is 61.5 Å². The number of hydrogen-bond donors (Lipinski definition) is 4. The summed E-state index contributed by atoms with van der Waals surface area (Å²) in [4.78, 5) is 40.5. The van der Waals surface area contributed by atoms with Crippen molar-refractivity contribution < 1.29 is 24.2 Å². The number of nitriles is 1. The van der Waals surface area contributed by atoms with Crippen LogP contribution in [-0.2, 0) is 9.59 Å². The molecule has 0 aliphatic carbocycles. The first-order valence-corrected chi connectivity index (χ1v) is 16.4. The van der Waals surface area contributed by atoms with Crippen molar-refractivity contribution >= 4 is 57.6 Å². The first-order chi connectivity index (χ1) is 23.2. The molecule has 0 bridgehead atoms. The molecule has 0 saturated heterocycles. The van der Waals surface area contributed by atoms with Crippen LogP contribution in [0.25, 0.3) is 17.2 Å². The zero-order chi connectivity index (χ0) is 34.0. The molecule has 5 aromatic rings. The highest BCUT2D eigenvalue weighted by atomic mass is 32.2. The van der Waals surface area contributed by atoms with E-state index in [0.29, 0.717) is 38.0 Å². The lowest BCUT2D eigenvalue weighted by Gasteiger charge is -2.14. The third-order valence-corrected chi connectivity index (χ3v) is 9.03. The molecule has 0 radical (unpaired) electrons. The Kier molecular flexibility index (Phi) is 10.9. The molecule has 3 amide bonds. The summed E-state index contributed by atoms with van der Waals surface area (Å²) in [7, 11) is 1.43. The Morgan fingerprint density at radius 1 is 0.938 bits per heavy atom. The number of phenolic OH excluding ortho intramolecular Hbond substituents is 1. The Labute approximate surface area is 285 Å². The number of benzene rings is 4. The fourth-order valence-electron chi connectivity index (χ4n) is 4.62. The third kappa shape index (κ3) is 8.30. The first kappa shape index (κ1) is 33.5. The van der Waals surface area contributed by atoms with Gasteiger partial charge in [-0.1, -0.05) is 54.6 Å². The summed E-state index contributed by atoms with van der Waals surface area (Å²) in [5.41, 5.74) is 3.27. The number of hydrogen-bond acceptors (Lipinski definition) is 8. The Hall–Kier alpha value is -5.83. The van der Waals surface area contributed by atoms with E-state index in [-0.39, 0.29) is 17.4 Å². The van der Waals surface area contributed by atoms with Crippen LogP contribution in [0.3, 0.4) is 0 Å². The van der Waals surface area contributed by atoms with Crippen LogP contribution in [-0.4, -0.2) is 35.2 Å². The molecule has 1 aromatic heterocycles. The summed E-state index contributed by atoms with van der Waals surface area (Å²) in [5.74, 6) is -1.07. The van der Waals surface area contributed by atoms with Gasteiger partial charge in [0.05, 0.1) is 17.9 Å². The number of aromatic hydroxyl groups is 1. The van der Waals surface area contributed by atoms with Gasteiger partial charge in [0.1, 0.15) is 28.3 Å². The second-order valence-corrected chi connectivity index (χ2v) is 12.7. The maximum atomic E-state index is 13.6. The van der Waals surface area contributed by atoms with E-state index in [0.717, 1.165) is 11.1 Å². The normalized spacial score (nSPS) is 11.6. The smallest absolute Gasteiger partial charge is 0.272 e. The van der Waals surface area contributed by atoms with E-state index in [1.807, 2.05) is 41.8 Å². The van der Waals surface area contributed by atoms with Gasteiger partial charge in [-0.3, -0.25) is 14.4 Å².